The lowest BCUT2D eigenvalue weighted by atomic mass is 10.2. The summed E-state index contributed by atoms with van der Waals surface area (Å²) in [6.07, 6.45) is -0.558. The summed E-state index contributed by atoms with van der Waals surface area (Å²) < 4.78 is 10.5. The van der Waals surface area contributed by atoms with Crippen molar-refractivity contribution < 1.29 is 14.6 Å². The van der Waals surface area contributed by atoms with E-state index in [9.17, 15) is 5.11 Å². The maximum absolute atomic E-state index is 10.1. The van der Waals surface area contributed by atoms with Crippen LogP contribution in [0, 0.1) is 13.8 Å². The average Bonchev–Trinajstić information content (AvgIpc) is 2.89. The number of aliphatic hydroxyl groups is 1. The van der Waals surface area contributed by atoms with Crippen molar-refractivity contribution >= 4 is 27.4 Å². The summed E-state index contributed by atoms with van der Waals surface area (Å²) in [5.41, 5.74) is 1.21. The highest BCUT2D eigenvalue weighted by Crippen LogP contribution is 2.34. The van der Waals surface area contributed by atoms with Crippen LogP contribution in [0.5, 0.6) is 0 Å². The fourth-order valence-corrected chi connectivity index (χ4v) is 4.27. The fraction of sp³-hybridized carbons (Fsp3) is 0.667. The van der Waals surface area contributed by atoms with Crippen molar-refractivity contribution in [3.63, 3.8) is 0 Å². The fourth-order valence-electron chi connectivity index (χ4n) is 3.23. The van der Waals surface area contributed by atoms with E-state index in [0.29, 0.717) is 13.2 Å². The zero-order chi connectivity index (χ0) is 18.7. The second kappa shape index (κ2) is 8.58. The third-order valence-corrected chi connectivity index (χ3v) is 5.83. The molecule has 1 atom stereocenters. The Labute approximate surface area is 158 Å². The van der Waals surface area contributed by atoms with E-state index >= 15 is 0 Å². The number of ether oxygens (including phenoxy) is 2. The summed E-state index contributed by atoms with van der Waals surface area (Å²) in [6, 6.07) is 0. The summed E-state index contributed by atoms with van der Waals surface area (Å²) in [5.74, 6) is 1.71. The number of aliphatic hydroxyl groups excluding tert-OH is 1. The van der Waals surface area contributed by atoms with E-state index in [2.05, 4.69) is 18.7 Å². The number of methoxy groups -OCH3 is 1. The number of likely N-dealkylation sites (N-methyl/N-ethyl adjacent to an activating group) is 1. The molecule has 1 N–H and O–H groups in total. The Bertz CT molecular complexity index is 746. The first-order valence-corrected chi connectivity index (χ1v) is 9.76. The first-order chi connectivity index (χ1) is 12.5. The van der Waals surface area contributed by atoms with E-state index in [1.54, 1.807) is 18.4 Å². The Kier molecular flexibility index (Phi) is 6.42. The Hall–Kier alpha value is -1.32. The van der Waals surface area contributed by atoms with Gasteiger partial charge in [-0.1, -0.05) is 0 Å². The van der Waals surface area contributed by atoms with Crippen molar-refractivity contribution in [3.8, 4) is 0 Å². The van der Waals surface area contributed by atoms with E-state index in [1.807, 2.05) is 11.9 Å². The van der Waals surface area contributed by atoms with Gasteiger partial charge >= 0.3 is 0 Å². The van der Waals surface area contributed by atoms with Crippen molar-refractivity contribution in [3.05, 3.63) is 16.3 Å². The Balaban J connectivity index is 1.92. The molecule has 144 valence electrons. The second-order valence-corrected chi connectivity index (χ2v) is 8.01. The molecule has 1 fully saturated rings. The van der Waals surface area contributed by atoms with Crippen molar-refractivity contribution in [1.29, 1.82) is 0 Å². The summed E-state index contributed by atoms with van der Waals surface area (Å²) in [7, 11) is 3.56. The number of morpholine rings is 1. The quantitative estimate of drug-likeness (QED) is 0.782. The molecule has 0 amide bonds. The smallest absolute Gasteiger partial charge is 0.146 e. The lowest BCUT2D eigenvalue weighted by molar-refractivity contribution is 0.0331. The molecule has 7 nitrogen and oxygen atoms in total. The number of hydrogen-bond acceptors (Lipinski definition) is 8. The summed E-state index contributed by atoms with van der Waals surface area (Å²) in [4.78, 5) is 16.3. The van der Waals surface area contributed by atoms with Crippen molar-refractivity contribution in [2.75, 3.05) is 58.5 Å². The molecule has 3 rings (SSSR count). The van der Waals surface area contributed by atoms with Gasteiger partial charge in [-0.05, 0) is 19.4 Å². The second-order valence-electron chi connectivity index (χ2n) is 6.81. The van der Waals surface area contributed by atoms with E-state index < -0.39 is 6.10 Å². The number of hydrogen-bond donors (Lipinski definition) is 1. The number of fused-ring (bicyclic) bond motifs is 1. The molecule has 0 aliphatic carbocycles. The minimum absolute atomic E-state index is 0.306. The van der Waals surface area contributed by atoms with Gasteiger partial charge in [0.1, 0.15) is 16.5 Å². The lowest BCUT2D eigenvalue weighted by Crippen LogP contribution is -2.36. The Morgan fingerprint density at radius 1 is 1.31 bits per heavy atom. The predicted molar refractivity (Wildman–Crippen MR) is 104 cm³/mol. The van der Waals surface area contributed by atoms with Crippen LogP contribution in [-0.2, 0) is 16.0 Å². The molecule has 0 aromatic carbocycles. The molecule has 3 heterocycles. The number of nitrogens with zero attached hydrogens (tertiary/aromatic N) is 4. The van der Waals surface area contributed by atoms with Crippen LogP contribution < -0.4 is 4.90 Å². The highest BCUT2D eigenvalue weighted by atomic mass is 32.1. The van der Waals surface area contributed by atoms with Crippen LogP contribution in [0.1, 0.15) is 16.3 Å². The molecule has 1 aliphatic heterocycles. The molecular formula is C18H28N4O3S. The van der Waals surface area contributed by atoms with Crippen LogP contribution in [-0.4, -0.2) is 79.7 Å². The molecular weight excluding hydrogens is 352 g/mol. The summed E-state index contributed by atoms with van der Waals surface area (Å²) in [6.45, 7) is 9.05. The Morgan fingerprint density at radius 3 is 2.73 bits per heavy atom. The molecule has 2 aromatic rings. The van der Waals surface area contributed by atoms with Crippen LogP contribution in [0.3, 0.4) is 0 Å². The van der Waals surface area contributed by atoms with Crippen molar-refractivity contribution in [2.24, 2.45) is 0 Å². The molecule has 0 bridgehead atoms. The summed E-state index contributed by atoms with van der Waals surface area (Å²) in [5, 5.41) is 11.2. The molecule has 0 saturated carbocycles. The highest BCUT2D eigenvalue weighted by Gasteiger charge is 2.20. The van der Waals surface area contributed by atoms with Gasteiger partial charge in [0, 0.05) is 38.7 Å². The van der Waals surface area contributed by atoms with Gasteiger partial charge < -0.3 is 19.5 Å². The molecule has 8 heteroatoms. The third-order valence-electron chi connectivity index (χ3n) is 4.73. The molecule has 1 aliphatic rings. The number of aromatic nitrogens is 2. The van der Waals surface area contributed by atoms with Gasteiger partial charge in [-0.2, -0.15) is 0 Å². The van der Waals surface area contributed by atoms with Crippen molar-refractivity contribution in [2.45, 2.75) is 26.5 Å². The van der Waals surface area contributed by atoms with E-state index in [-0.39, 0.29) is 0 Å². The standard InChI is InChI=1S/C18H28N4O3S/c1-12-13(2)26-18-16(12)17(21(3)9-14(23)11-24-4)19-15(20-18)10-22-5-7-25-8-6-22/h14,23H,5-11H2,1-4H3/t14-/m0/s1. The number of anilines is 1. The predicted octanol–water partition coefficient (Wildman–Crippen LogP) is 1.58. The normalized spacial score (nSPS) is 17.0. The van der Waals surface area contributed by atoms with Crippen molar-refractivity contribution in [1.82, 2.24) is 14.9 Å². The van der Waals surface area contributed by atoms with Gasteiger partial charge in [0.05, 0.1) is 37.9 Å². The first-order valence-electron chi connectivity index (χ1n) is 8.94. The Morgan fingerprint density at radius 2 is 2.04 bits per heavy atom. The van der Waals surface area contributed by atoms with Crippen LogP contribution in [0.15, 0.2) is 0 Å². The average molecular weight is 381 g/mol. The zero-order valence-corrected chi connectivity index (χ0v) is 16.8. The third kappa shape index (κ3) is 4.32. The SMILES string of the molecule is COC[C@@H](O)CN(C)c1nc(CN2CCOCC2)nc2sc(C)c(C)c12. The van der Waals surface area contributed by atoms with Crippen LogP contribution in [0.4, 0.5) is 5.82 Å². The topological polar surface area (TPSA) is 71.0 Å². The molecule has 1 saturated heterocycles. The van der Waals surface area contributed by atoms with Gasteiger partial charge in [-0.15, -0.1) is 11.3 Å². The lowest BCUT2D eigenvalue weighted by Gasteiger charge is -2.27. The monoisotopic (exact) mass is 380 g/mol. The number of thiophene rings is 1. The van der Waals surface area contributed by atoms with Gasteiger partial charge in [-0.25, -0.2) is 9.97 Å². The minimum atomic E-state index is -0.558. The van der Waals surface area contributed by atoms with Gasteiger partial charge in [0.2, 0.25) is 0 Å². The van der Waals surface area contributed by atoms with E-state index in [0.717, 1.165) is 54.7 Å². The van der Waals surface area contributed by atoms with Crippen LogP contribution in [0.25, 0.3) is 10.2 Å². The highest BCUT2D eigenvalue weighted by molar-refractivity contribution is 7.18. The first kappa shape index (κ1) is 19.4. The largest absolute Gasteiger partial charge is 0.389 e. The molecule has 2 aromatic heterocycles. The maximum atomic E-state index is 10.1. The van der Waals surface area contributed by atoms with Crippen LogP contribution >= 0.6 is 11.3 Å². The minimum Gasteiger partial charge on any atom is -0.389 e. The van der Waals surface area contributed by atoms with Gasteiger partial charge in [0.15, 0.2) is 0 Å². The zero-order valence-electron chi connectivity index (χ0n) is 16.0. The maximum Gasteiger partial charge on any atom is 0.146 e. The van der Waals surface area contributed by atoms with Gasteiger partial charge in [-0.3, -0.25) is 4.90 Å². The molecule has 26 heavy (non-hydrogen) atoms. The number of rotatable bonds is 7. The molecule has 0 unspecified atom stereocenters. The summed E-state index contributed by atoms with van der Waals surface area (Å²) >= 11 is 1.71. The van der Waals surface area contributed by atoms with E-state index in [4.69, 9.17) is 19.4 Å². The van der Waals surface area contributed by atoms with Gasteiger partial charge in [0.25, 0.3) is 0 Å². The van der Waals surface area contributed by atoms with E-state index in [1.165, 1.54) is 10.4 Å². The van der Waals surface area contributed by atoms with Crippen LogP contribution in [0.2, 0.25) is 0 Å². The number of aryl methyl sites for hydroxylation is 2. The molecule has 0 radical (unpaired) electrons. The molecule has 0 spiro atoms.